The van der Waals surface area contributed by atoms with Crippen LogP contribution in [0.4, 0.5) is 5.13 Å². The Kier molecular flexibility index (Phi) is 7.23. The summed E-state index contributed by atoms with van der Waals surface area (Å²) in [6, 6.07) is 9.45. The Hall–Kier alpha value is -2.00. The van der Waals surface area contributed by atoms with Gasteiger partial charge in [-0.05, 0) is 37.5 Å². The van der Waals surface area contributed by atoms with Crippen LogP contribution in [0.2, 0.25) is 0 Å². The maximum absolute atomic E-state index is 12.5. The van der Waals surface area contributed by atoms with Crippen molar-refractivity contribution in [3.8, 4) is 6.07 Å². The van der Waals surface area contributed by atoms with Gasteiger partial charge in [0.25, 0.3) is 0 Å². The second kappa shape index (κ2) is 9.67. The smallest absolute Gasteiger partial charge is 0.229 e. The van der Waals surface area contributed by atoms with Crippen LogP contribution in [-0.4, -0.2) is 47.7 Å². The average molecular weight is 452 g/mol. The Bertz CT molecular complexity index is 990. The molecule has 1 amide bonds. The fourth-order valence-corrected chi connectivity index (χ4v) is 5.77. The van der Waals surface area contributed by atoms with Crippen LogP contribution in [0.1, 0.15) is 30.9 Å². The van der Waals surface area contributed by atoms with Gasteiger partial charge < -0.3 is 5.32 Å². The zero-order valence-corrected chi connectivity index (χ0v) is 18.3. The number of hydrogen-bond acceptors (Lipinski definition) is 8. The number of nitrogens with zero attached hydrogens (tertiary/aromatic N) is 4. The molecule has 1 aliphatic heterocycles. The Balaban J connectivity index is 1.48. The van der Waals surface area contributed by atoms with E-state index in [0.717, 1.165) is 9.90 Å². The van der Waals surface area contributed by atoms with Gasteiger partial charge in [0.05, 0.1) is 17.4 Å². The number of rotatable bonds is 7. The number of carbonyl (C=O) groups excluding carboxylic acids is 1. The zero-order valence-electron chi connectivity index (χ0n) is 15.9. The van der Waals surface area contributed by atoms with Crippen LogP contribution in [0.25, 0.3) is 0 Å². The van der Waals surface area contributed by atoms with Gasteiger partial charge in [-0.3, -0.25) is 4.79 Å². The first kappa shape index (κ1) is 21.7. The highest BCUT2D eigenvalue weighted by atomic mass is 32.2. The van der Waals surface area contributed by atoms with Crippen LogP contribution in [0.5, 0.6) is 0 Å². The van der Waals surface area contributed by atoms with Crippen LogP contribution < -0.4 is 5.32 Å². The van der Waals surface area contributed by atoms with E-state index in [1.165, 1.54) is 27.4 Å². The highest BCUT2D eigenvalue weighted by Crippen LogP contribution is 2.29. The van der Waals surface area contributed by atoms with Crippen molar-refractivity contribution in [3.05, 3.63) is 35.4 Å². The summed E-state index contributed by atoms with van der Waals surface area (Å²) < 4.78 is 26.0. The van der Waals surface area contributed by atoms with Gasteiger partial charge in [0, 0.05) is 24.8 Å². The number of hydrogen-bond donors (Lipinski definition) is 1. The summed E-state index contributed by atoms with van der Waals surface area (Å²) >= 11 is 2.82. The summed E-state index contributed by atoms with van der Waals surface area (Å²) in [5.41, 5.74) is 1.70. The van der Waals surface area contributed by atoms with Crippen molar-refractivity contribution in [1.82, 2.24) is 14.5 Å². The summed E-state index contributed by atoms with van der Waals surface area (Å²) in [7, 11) is -3.20. The summed E-state index contributed by atoms with van der Waals surface area (Å²) in [5.74, 6) is 0.409. The molecule has 154 valence electrons. The molecule has 1 fully saturated rings. The summed E-state index contributed by atoms with van der Waals surface area (Å²) in [6.07, 6.45) is 1.01. The van der Waals surface area contributed by atoms with E-state index in [9.17, 15) is 13.2 Å². The largest absolute Gasteiger partial charge is 0.300 e. The number of piperidine rings is 1. The molecule has 1 N–H and O–H groups in total. The van der Waals surface area contributed by atoms with E-state index in [1.54, 1.807) is 19.1 Å². The lowest BCUT2D eigenvalue weighted by atomic mass is 9.97. The first-order valence-electron chi connectivity index (χ1n) is 9.15. The van der Waals surface area contributed by atoms with Gasteiger partial charge in [-0.15, -0.1) is 10.2 Å². The Morgan fingerprint density at radius 1 is 1.31 bits per heavy atom. The highest BCUT2D eigenvalue weighted by molar-refractivity contribution is 8.00. The zero-order chi connectivity index (χ0) is 20.9. The minimum atomic E-state index is -3.20. The van der Waals surface area contributed by atoms with Crippen LogP contribution in [-0.2, 0) is 20.6 Å². The maximum Gasteiger partial charge on any atom is 0.229 e. The van der Waals surface area contributed by atoms with Crippen molar-refractivity contribution in [2.24, 2.45) is 5.92 Å². The molecule has 2 heterocycles. The molecular weight excluding hydrogens is 430 g/mol. The molecular formula is C18H21N5O3S3. The van der Waals surface area contributed by atoms with Crippen LogP contribution in [0, 0.1) is 17.2 Å². The molecule has 0 spiro atoms. The first-order valence-corrected chi connectivity index (χ1v) is 12.6. The van der Waals surface area contributed by atoms with E-state index in [2.05, 4.69) is 21.6 Å². The van der Waals surface area contributed by atoms with E-state index in [1.807, 2.05) is 12.1 Å². The molecule has 0 unspecified atom stereocenters. The minimum absolute atomic E-state index is 0.0809. The minimum Gasteiger partial charge on any atom is -0.300 e. The third-order valence-electron chi connectivity index (χ3n) is 4.66. The number of amides is 1. The molecule has 0 atom stereocenters. The molecule has 29 heavy (non-hydrogen) atoms. The predicted molar refractivity (Wildman–Crippen MR) is 113 cm³/mol. The van der Waals surface area contributed by atoms with Gasteiger partial charge >= 0.3 is 0 Å². The third-order valence-corrected chi connectivity index (χ3v) is 8.59. The van der Waals surface area contributed by atoms with E-state index in [4.69, 9.17) is 5.26 Å². The number of nitriles is 1. The second-order valence-electron chi connectivity index (χ2n) is 6.53. The van der Waals surface area contributed by atoms with Crippen LogP contribution in [0.3, 0.4) is 0 Å². The van der Waals surface area contributed by atoms with Gasteiger partial charge in [0.2, 0.25) is 21.1 Å². The lowest BCUT2D eigenvalue weighted by Gasteiger charge is -2.29. The van der Waals surface area contributed by atoms with Crippen molar-refractivity contribution >= 4 is 44.2 Å². The molecule has 1 aromatic heterocycles. The second-order valence-corrected chi connectivity index (χ2v) is 11.0. The molecule has 2 aromatic rings. The summed E-state index contributed by atoms with van der Waals surface area (Å²) in [4.78, 5) is 12.5. The molecule has 1 saturated heterocycles. The fourth-order valence-electron chi connectivity index (χ4n) is 2.93. The van der Waals surface area contributed by atoms with Gasteiger partial charge in [-0.25, -0.2) is 12.7 Å². The van der Waals surface area contributed by atoms with Gasteiger partial charge in [-0.2, -0.15) is 5.26 Å². The van der Waals surface area contributed by atoms with Gasteiger partial charge in [-0.1, -0.05) is 35.2 Å². The van der Waals surface area contributed by atoms with Crippen molar-refractivity contribution in [1.29, 1.82) is 5.26 Å². The molecule has 0 bridgehead atoms. The normalized spacial score (nSPS) is 15.7. The van der Waals surface area contributed by atoms with E-state index >= 15 is 0 Å². The molecule has 0 radical (unpaired) electrons. The fraction of sp³-hybridized carbons (Fsp3) is 0.444. The maximum atomic E-state index is 12.5. The number of aromatic nitrogens is 2. The quantitative estimate of drug-likeness (QED) is 0.508. The lowest BCUT2D eigenvalue weighted by molar-refractivity contribution is -0.120. The number of anilines is 1. The molecule has 1 aliphatic rings. The monoisotopic (exact) mass is 451 g/mol. The number of nitrogens with one attached hydrogen (secondary N) is 1. The third kappa shape index (κ3) is 5.76. The van der Waals surface area contributed by atoms with E-state index in [-0.39, 0.29) is 17.6 Å². The van der Waals surface area contributed by atoms with Crippen molar-refractivity contribution < 1.29 is 13.2 Å². The SMILES string of the molecule is CCS(=O)(=O)N1CCC(C(=O)Nc2nnc(SCc3ccc(C#N)cc3)s2)CC1. The topological polar surface area (TPSA) is 116 Å². The number of sulfonamides is 1. The molecule has 3 rings (SSSR count). The standard InChI is InChI=1S/C18H21N5O3S3/c1-2-29(25,26)23-9-7-15(8-10-23)16(24)20-17-21-22-18(28-17)27-12-14-5-3-13(11-19)4-6-14/h3-6,15H,2,7-10,12H2,1H3,(H,20,21,24). The average Bonchev–Trinajstić information content (AvgIpc) is 3.20. The Labute approximate surface area is 178 Å². The van der Waals surface area contributed by atoms with E-state index in [0.29, 0.717) is 42.4 Å². The van der Waals surface area contributed by atoms with Gasteiger partial charge in [0.1, 0.15) is 0 Å². The van der Waals surface area contributed by atoms with Crippen molar-refractivity contribution in [3.63, 3.8) is 0 Å². The number of carbonyl (C=O) groups is 1. The Morgan fingerprint density at radius 2 is 2.00 bits per heavy atom. The Morgan fingerprint density at radius 3 is 2.62 bits per heavy atom. The predicted octanol–water partition coefficient (Wildman–Crippen LogP) is 2.70. The summed E-state index contributed by atoms with van der Waals surface area (Å²) in [5, 5.41) is 20.2. The van der Waals surface area contributed by atoms with Crippen molar-refractivity contribution in [2.45, 2.75) is 29.9 Å². The van der Waals surface area contributed by atoms with Crippen LogP contribution >= 0.6 is 23.1 Å². The molecule has 1 aromatic carbocycles. The summed E-state index contributed by atoms with van der Waals surface area (Å²) in [6.45, 7) is 2.37. The molecule has 11 heteroatoms. The molecule has 0 saturated carbocycles. The van der Waals surface area contributed by atoms with Crippen molar-refractivity contribution in [2.75, 3.05) is 24.2 Å². The number of benzene rings is 1. The van der Waals surface area contributed by atoms with Gasteiger partial charge in [0.15, 0.2) is 4.34 Å². The first-order chi connectivity index (χ1) is 13.9. The highest BCUT2D eigenvalue weighted by Gasteiger charge is 2.30. The van der Waals surface area contributed by atoms with E-state index < -0.39 is 10.0 Å². The molecule has 8 nitrogen and oxygen atoms in total. The lowest BCUT2D eigenvalue weighted by Crippen LogP contribution is -2.42. The van der Waals surface area contributed by atoms with Crippen LogP contribution in [0.15, 0.2) is 28.6 Å². The number of thioether (sulfide) groups is 1. The molecule has 0 aliphatic carbocycles.